The Morgan fingerprint density at radius 2 is 2.06 bits per heavy atom. The van der Waals surface area contributed by atoms with Crippen molar-refractivity contribution in [2.45, 2.75) is 26.7 Å². The first-order valence-electron chi connectivity index (χ1n) is 5.58. The van der Waals surface area contributed by atoms with E-state index in [1.54, 1.807) is 6.92 Å². The molecule has 1 atom stereocenters. The van der Waals surface area contributed by atoms with E-state index in [0.717, 1.165) is 6.42 Å². The molecule has 0 aliphatic heterocycles. The largest absolute Gasteiger partial charge is 0.355 e. The molecule has 5 nitrogen and oxygen atoms in total. The van der Waals surface area contributed by atoms with Crippen LogP contribution in [0.2, 0.25) is 0 Å². The number of nitrogens with two attached hydrogens (primary N) is 1. The molecule has 0 saturated heterocycles. The van der Waals surface area contributed by atoms with E-state index in [4.69, 9.17) is 5.73 Å². The van der Waals surface area contributed by atoms with Gasteiger partial charge in [-0.05, 0) is 18.9 Å². The van der Waals surface area contributed by atoms with Crippen molar-refractivity contribution in [3.05, 3.63) is 0 Å². The highest BCUT2D eigenvalue weighted by Gasteiger charge is 2.09. The first-order chi connectivity index (χ1) is 7.41. The van der Waals surface area contributed by atoms with Gasteiger partial charge in [-0.15, -0.1) is 0 Å². The third kappa shape index (κ3) is 7.64. The van der Waals surface area contributed by atoms with Crippen LogP contribution in [0, 0.1) is 5.92 Å². The zero-order chi connectivity index (χ0) is 12.6. The quantitative estimate of drug-likeness (QED) is 0.630. The van der Waals surface area contributed by atoms with Gasteiger partial charge in [-0.1, -0.05) is 13.8 Å². The summed E-state index contributed by atoms with van der Waals surface area (Å²) in [6, 6.07) is 0. The maximum Gasteiger partial charge on any atom is 0.220 e. The first kappa shape index (κ1) is 15.4. The molecular formula is C10H22N2O3S. The highest BCUT2D eigenvalue weighted by atomic mass is 32.2. The predicted octanol–water partition coefficient (Wildman–Crippen LogP) is -0.0877. The molecule has 96 valence electrons. The van der Waals surface area contributed by atoms with Crippen molar-refractivity contribution in [3.63, 3.8) is 0 Å². The van der Waals surface area contributed by atoms with Crippen molar-refractivity contribution in [1.82, 2.24) is 5.32 Å². The van der Waals surface area contributed by atoms with Crippen molar-refractivity contribution in [1.29, 1.82) is 0 Å². The topological polar surface area (TPSA) is 89.3 Å². The third-order valence-electron chi connectivity index (χ3n) is 2.44. The minimum atomic E-state index is -2.99. The van der Waals surface area contributed by atoms with Gasteiger partial charge in [0, 0.05) is 18.7 Å². The number of carbonyl (C=O) groups is 1. The van der Waals surface area contributed by atoms with Gasteiger partial charge in [0.05, 0.1) is 5.75 Å². The van der Waals surface area contributed by atoms with Crippen LogP contribution in [0.4, 0.5) is 0 Å². The smallest absolute Gasteiger partial charge is 0.220 e. The summed E-state index contributed by atoms with van der Waals surface area (Å²) in [6.07, 6.45) is 1.15. The van der Waals surface area contributed by atoms with E-state index in [-0.39, 0.29) is 24.0 Å². The van der Waals surface area contributed by atoms with Crippen LogP contribution >= 0.6 is 0 Å². The molecule has 1 amide bonds. The summed E-state index contributed by atoms with van der Waals surface area (Å²) < 4.78 is 22.3. The molecule has 3 N–H and O–H groups in total. The SMILES string of the molecule is CCS(=O)(=O)CCNC(=O)CCC(C)CN. The van der Waals surface area contributed by atoms with Gasteiger partial charge < -0.3 is 11.1 Å². The summed E-state index contributed by atoms with van der Waals surface area (Å²) in [7, 11) is -2.99. The molecule has 0 radical (unpaired) electrons. The highest BCUT2D eigenvalue weighted by molar-refractivity contribution is 7.91. The molecular weight excluding hydrogens is 228 g/mol. The van der Waals surface area contributed by atoms with E-state index in [2.05, 4.69) is 5.32 Å². The van der Waals surface area contributed by atoms with Gasteiger partial charge in [0.2, 0.25) is 5.91 Å². The van der Waals surface area contributed by atoms with Crippen LogP contribution in [0.3, 0.4) is 0 Å². The lowest BCUT2D eigenvalue weighted by molar-refractivity contribution is -0.121. The van der Waals surface area contributed by atoms with E-state index < -0.39 is 9.84 Å². The molecule has 0 saturated carbocycles. The summed E-state index contributed by atoms with van der Waals surface area (Å²) in [5, 5.41) is 2.59. The fourth-order valence-electron chi connectivity index (χ4n) is 1.07. The fraction of sp³-hybridized carbons (Fsp3) is 0.900. The minimum Gasteiger partial charge on any atom is -0.355 e. The van der Waals surface area contributed by atoms with Crippen molar-refractivity contribution < 1.29 is 13.2 Å². The van der Waals surface area contributed by atoms with Gasteiger partial charge in [0.25, 0.3) is 0 Å². The molecule has 0 heterocycles. The number of sulfone groups is 1. The maximum absolute atomic E-state index is 11.3. The monoisotopic (exact) mass is 250 g/mol. The summed E-state index contributed by atoms with van der Waals surface area (Å²) in [4.78, 5) is 11.3. The molecule has 0 aromatic heterocycles. The molecule has 1 unspecified atom stereocenters. The average molecular weight is 250 g/mol. The number of amides is 1. The average Bonchev–Trinajstić information content (AvgIpc) is 2.25. The Kier molecular flexibility index (Phi) is 7.33. The Labute approximate surface area is 97.7 Å². The van der Waals surface area contributed by atoms with Gasteiger partial charge in [-0.2, -0.15) is 0 Å². The van der Waals surface area contributed by atoms with Gasteiger partial charge in [0.1, 0.15) is 0 Å². The molecule has 0 aromatic rings. The second-order valence-corrected chi connectivity index (χ2v) is 6.44. The minimum absolute atomic E-state index is 0.0156. The molecule has 0 aliphatic carbocycles. The van der Waals surface area contributed by atoms with Crippen LogP contribution in [0.5, 0.6) is 0 Å². The molecule has 0 aromatic carbocycles. The zero-order valence-electron chi connectivity index (χ0n) is 10.0. The number of hydrogen-bond acceptors (Lipinski definition) is 4. The van der Waals surface area contributed by atoms with E-state index in [0.29, 0.717) is 18.9 Å². The standard InChI is InChI=1S/C10H22N2O3S/c1-3-16(14,15)7-6-12-10(13)5-4-9(2)8-11/h9H,3-8,11H2,1-2H3,(H,12,13). The molecule has 16 heavy (non-hydrogen) atoms. The molecule has 6 heteroatoms. The second kappa shape index (κ2) is 7.62. The van der Waals surface area contributed by atoms with Gasteiger partial charge in [0.15, 0.2) is 9.84 Å². The maximum atomic E-state index is 11.3. The number of nitrogens with one attached hydrogen (secondary N) is 1. The normalized spacial score (nSPS) is 13.4. The van der Waals surface area contributed by atoms with Crippen LogP contribution in [-0.2, 0) is 14.6 Å². The highest BCUT2D eigenvalue weighted by Crippen LogP contribution is 2.02. The number of rotatable bonds is 8. The van der Waals surface area contributed by atoms with Crippen LogP contribution in [-0.4, -0.2) is 38.9 Å². The van der Waals surface area contributed by atoms with Crippen LogP contribution in [0.15, 0.2) is 0 Å². The molecule has 0 spiro atoms. The van der Waals surface area contributed by atoms with Gasteiger partial charge in [-0.3, -0.25) is 4.79 Å². The Bertz CT molecular complexity index is 301. The van der Waals surface area contributed by atoms with Crippen molar-refractivity contribution in [3.8, 4) is 0 Å². The van der Waals surface area contributed by atoms with Crippen molar-refractivity contribution in [2.75, 3.05) is 24.6 Å². The first-order valence-corrected chi connectivity index (χ1v) is 7.40. The van der Waals surface area contributed by atoms with Crippen molar-refractivity contribution in [2.24, 2.45) is 11.7 Å². The van der Waals surface area contributed by atoms with E-state index in [9.17, 15) is 13.2 Å². The Hall–Kier alpha value is -0.620. The lowest BCUT2D eigenvalue weighted by Gasteiger charge is -2.08. The summed E-state index contributed by atoms with van der Waals surface area (Å²) in [6.45, 7) is 4.35. The Morgan fingerprint density at radius 1 is 1.44 bits per heavy atom. The van der Waals surface area contributed by atoms with E-state index in [1.807, 2.05) is 6.92 Å². The lowest BCUT2D eigenvalue weighted by Crippen LogP contribution is -2.30. The molecule has 0 bridgehead atoms. The Morgan fingerprint density at radius 3 is 2.56 bits per heavy atom. The van der Waals surface area contributed by atoms with Gasteiger partial charge >= 0.3 is 0 Å². The molecule has 0 aliphatic rings. The lowest BCUT2D eigenvalue weighted by atomic mass is 10.1. The van der Waals surface area contributed by atoms with Gasteiger partial charge in [-0.25, -0.2) is 8.42 Å². The fourth-order valence-corrected chi connectivity index (χ4v) is 1.78. The molecule has 0 rings (SSSR count). The van der Waals surface area contributed by atoms with Crippen LogP contribution in [0.25, 0.3) is 0 Å². The second-order valence-electron chi connectivity index (χ2n) is 3.97. The van der Waals surface area contributed by atoms with E-state index >= 15 is 0 Å². The van der Waals surface area contributed by atoms with E-state index in [1.165, 1.54) is 0 Å². The predicted molar refractivity (Wildman–Crippen MR) is 64.8 cm³/mol. The zero-order valence-corrected chi connectivity index (χ0v) is 10.8. The van der Waals surface area contributed by atoms with Crippen LogP contribution in [0.1, 0.15) is 26.7 Å². The van der Waals surface area contributed by atoms with Crippen molar-refractivity contribution >= 4 is 15.7 Å². The number of carbonyl (C=O) groups excluding carboxylic acids is 1. The number of hydrogen-bond donors (Lipinski definition) is 2. The third-order valence-corrected chi connectivity index (χ3v) is 4.15. The summed E-state index contributed by atoms with van der Waals surface area (Å²) in [5.74, 6) is 0.353. The summed E-state index contributed by atoms with van der Waals surface area (Å²) in [5.41, 5.74) is 5.42. The summed E-state index contributed by atoms with van der Waals surface area (Å²) >= 11 is 0. The Balaban J connectivity index is 3.67. The molecule has 0 fully saturated rings. The van der Waals surface area contributed by atoms with Crippen LogP contribution < -0.4 is 11.1 Å².